The molecule has 0 spiro atoms. The summed E-state index contributed by atoms with van der Waals surface area (Å²) in [6, 6.07) is 8.30. The molecule has 78 valence electrons. The Balaban J connectivity index is 2.67. The Morgan fingerprint density at radius 1 is 1.40 bits per heavy atom. The van der Waals surface area contributed by atoms with Gasteiger partial charge in [-0.2, -0.15) is 0 Å². The van der Waals surface area contributed by atoms with Crippen LogP contribution in [-0.4, -0.2) is 4.57 Å². The molecule has 0 aliphatic heterocycles. The molecule has 2 N–H and O–H groups in total. The minimum absolute atomic E-state index is 0.577. The zero-order valence-electron chi connectivity index (χ0n) is 9.03. The van der Waals surface area contributed by atoms with Crippen LogP contribution in [0.3, 0.4) is 0 Å². The summed E-state index contributed by atoms with van der Waals surface area (Å²) in [7, 11) is 0. The molecule has 1 aromatic heterocycles. The molecule has 2 nitrogen and oxygen atoms in total. The van der Waals surface area contributed by atoms with Crippen molar-refractivity contribution in [3.8, 4) is 0 Å². The Labute approximate surface area is 90.0 Å². The Kier molecular flexibility index (Phi) is 2.50. The van der Waals surface area contributed by atoms with Crippen molar-refractivity contribution in [3.05, 3.63) is 42.6 Å². The summed E-state index contributed by atoms with van der Waals surface area (Å²) in [4.78, 5) is 0. The molecule has 1 aromatic carbocycles. The summed E-state index contributed by atoms with van der Waals surface area (Å²) in [5.41, 5.74) is 8.25. The highest BCUT2D eigenvalue weighted by Crippen LogP contribution is 2.23. The van der Waals surface area contributed by atoms with E-state index in [1.54, 1.807) is 0 Å². The van der Waals surface area contributed by atoms with Gasteiger partial charge in [-0.1, -0.05) is 38.1 Å². The Morgan fingerprint density at radius 2 is 2.13 bits per heavy atom. The molecule has 15 heavy (non-hydrogen) atoms. The van der Waals surface area contributed by atoms with Crippen LogP contribution in [0.25, 0.3) is 16.7 Å². The number of para-hydroxylation sites is 1. The third-order valence-electron chi connectivity index (χ3n) is 2.62. The van der Waals surface area contributed by atoms with Crippen molar-refractivity contribution in [2.75, 3.05) is 0 Å². The van der Waals surface area contributed by atoms with E-state index < -0.39 is 0 Å². The van der Waals surface area contributed by atoms with E-state index >= 15 is 0 Å². The summed E-state index contributed by atoms with van der Waals surface area (Å²) in [6.45, 7) is 5.97. The smallest absolute Gasteiger partial charge is 0.0999 e. The molecule has 2 aromatic rings. The van der Waals surface area contributed by atoms with Crippen LogP contribution in [0, 0.1) is 0 Å². The van der Waals surface area contributed by atoms with Gasteiger partial charge in [0.25, 0.3) is 0 Å². The fraction of sp³-hybridized carbons (Fsp3) is 0.231. The number of aryl methyl sites for hydroxylation is 1. The van der Waals surface area contributed by atoms with Crippen molar-refractivity contribution in [2.45, 2.75) is 19.8 Å². The zero-order valence-corrected chi connectivity index (χ0v) is 9.03. The Morgan fingerprint density at radius 3 is 2.80 bits per heavy atom. The molecule has 0 bridgehead atoms. The second-order valence-corrected chi connectivity index (χ2v) is 3.78. The van der Waals surface area contributed by atoms with Crippen molar-refractivity contribution < 1.29 is 0 Å². The van der Waals surface area contributed by atoms with Gasteiger partial charge in [0, 0.05) is 11.6 Å². The molecule has 0 aliphatic carbocycles. The highest BCUT2D eigenvalue weighted by molar-refractivity contribution is 5.86. The van der Waals surface area contributed by atoms with Crippen LogP contribution in [0.5, 0.6) is 0 Å². The number of hydrogen-bond donors (Lipinski definition) is 1. The van der Waals surface area contributed by atoms with E-state index in [9.17, 15) is 0 Å². The normalized spacial score (nSPS) is 10.7. The van der Waals surface area contributed by atoms with Crippen LogP contribution in [0.1, 0.15) is 18.9 Å². The highest BCUT2D eigenvalue weighted by atomic mass is 15.1. The first-order valence-corrected chi connectivity index (χ1v) is 5.27. The third kappa shape index (κ3) is 1.63. The van der Waals surface area contributed by atoms with Crippen molar-refractivity contribution in [1.82, 2.24) is 4.57 Å². The maximum Gasteiger partial charge on any atom is 0.0999 e. The van der Waals surface area contributed by atoms with Crippen molar-refractivity contribution in [1.29, 1.82) is 0 Å². The van der Waals surface area contributed by atoms with Gasteiger partial charge in [-0.3, -0.25) is 0 Å². The summed E-state index contributed by atoms with van der Waals surface area (Å²) in [5.74, 6) is 0.577. The maximum atomic E-state index is 5.76. The minimum atomic E-state index is 0.577. The predicted octanol–water partition coefficient (Wildman–Crippen LogP) is 2.98. The van der Waals surface area contributed by atoms with Crippen molar-refractivity contribution in [3.63, 3.8) is 0 Å². The summed E-state index contributed by atoms with van der Waals surface area (Å²) >= 11 is 0. The number of fused-ring (bicyclic) bond motifs is 1. The molecule has 0 unspecified atom stereocenters. The minimum Gasteiger partial charge on any atom is -0.385 e. The van der Waals surface area contributed by atoms with Gasteiger partial charge < -0.3 is 10.3 Å². The first kappa shape index (κ1) is 9.84. The van der Waals surface area contributed by atoms with Gasteiger partial charge in [-0.15, -0.1) is 0 Å². The lowest BCUT2D eigenvalue weighted by atomic mass is 10.1. The second kappa shape index (κ2) is 3.81. The Hall–Kier alpha value is -1.70. The van der Waals surface area contributed by atoms with Crippen LogP contribution in [0.2, 0.25) is 0 Å². The van der Waals surface area contributed by atoms with Crippen LogP contribution >= 0.6 is 0 Å². The molecule has 0 amide bonds. The van der Waals surface area contributed by atoms with Gasteiger partial charge in [0.05, 0.1) is 11.3 Å². The van der Waals surface area contributed by atoms with Crippen LogP contribution in [0.4, 0.5) is 0 Å². The lowest BCUT2D eigenvalue weighted by Crippen LogP contribution is -2.02. The number of nitrogens with zero attached hydrogens (tertiary/aromatic N) is 1. The molecule has 0 fully saturated rings. The van der Waals surface area contributed by atoms with Crippen LogP contribution < -0.4 is 5.73 Å². The molecule has 0 saturated heterocycles. The zero-order chi connectivity index (χ0) is 10.8. The average Bonchev–Trinajstić information content (AvgIpc) is 2.59. The lowest BCUT2D eigenvalue weighted by molar-refractivity contribution is 0.923. The second-order valence-electron chi connectivity index (χ2n) is 3.78. The van der Waals surface area contributed by atoms with Gasteiger partial charge in [-0.25, -0.2) is 0 Å². The first-order chi connectivity index (χ1) is 7.24. The fourth-order valence-electron chi connectivity index (χ4n) is 1.96. The largest absolute Gasteiger partial charge is 0.385 e. The number of nitrogens with two attached hydrogens (primary N) is 1. The van der Waals surface area contributed by atoms with Gasteiger partial charge in [0.2, 0.25) is 0 Å². The number of aromatic nitrogens is 1. The van der Waals surface area contributed by atoms with Gasteiger partial charge >= 0.3 is 0 Å². The van der Waals surface area contributed by atoms with Gasteiger partial charge in [0.15, 0.2) is 0 Å². The molecular formula is C13H16N2. The molecular weight excluding hydrogens is 184 g/mol. The lowest BCUT2D eigenvalue weighted by Gasteiger charge is -2.01. The third-order valence-corrected chi connectivity index (χ3v) is 2.62. The van der Waals surface area contributed by atoms with Crippen LogP contribution in [-0.2, 0) is 6.42 Å². The predicted molar refractivity (Wildman–Crippen MR) is 65.5 cm³/mol. The van der Waals surface area contributed by atoms with Crippen molar-refractivity contribution in [2.24, 2.45) is 5.73 Å². The standard InChI is InChI=1S/C13H16N2/c1-3-6-11-9-15(10(2)14)13-8-5-4-7-12(11)13/h4-5,7-9H,2-3,6,14H2,1H3. The quantitative estimate of drug-likeness (QED) is 0.811. The summed E-state index contributed by atoms with van der Waals surface area (Å²) in [5, 5.41) is 1.28. The molecule has 0 aliphatic rings. The molecule has 0 saturated carbocycles. The average molecular weight is 200 g/mol. The topological polar surface area (TPSA) is 30.9 Å². The Bertz CT molecular complexity index is 494. The van der Waals surface area contributed by atoms with Crippen LogP contribution in [0.15, 0.2) is 37.0 Å². The molecule has 0 atom stereocenters. The summed E-state index contributed by atoms with van der Waals surface area (Å²) < 4.78 is 1.96. The maximum absolute atomic E-state index is 5.76. The van der Waals surface area contributed by atoms with E-state index in [1.807, 2.05) is 10.6 Å². The van der Waals surface area contributed by atoms with E-state index in [-0.39, 0.29) is 0 Å². The SMILES string of the molecule is C=C(N)n1cc(CCC)c2ccccc21. The van der Waals surface area contributed by atoms with Crippen molar-refractivity contribution >= 4 is 16.7 Å². The molecule has 2 rings (SSSR count). The first-order valence-electron chi connectivity index (χ1n) is 5.27. The van der Waals surface area contributed by atoms with E-state index in [1.165, 1.54) is 10.9 Å². The molecule has 0 radical (unpaired) electrons. The number of rotatable bonds is 3. The number of benzene rings is 1. The van der Waals surface area contributed by atoms with E-state index in [2.05, 4.69) is 37.9 Å². The number of hydrogen-bond acceptors (Lipinski definition) is 1. The van der Waals surface area contributed by atoms with E-state index in [0.29, 0.717) is 5.82 Å². The highest BCUT2D eigenvalue weighted by Gasteiger charge is 2.07. The fourth-order valence-corrected chi connectivity index (χ4v) is 1.96. The summed E-state index contributed by atoms with van der Waals surface area (Å²) in [6.07, 6.45) is 4.32. The monoisotopic (exact) mass is 200 g/mol. The van der Waals surface area contributed by atoms with E-state index in [4.69, 9.17) is 5.73 Å². The van der Waals surface area contributed by atoms with Gasteiger partial charge in [-0.05, 0) is 18.1 Å². The molecule has 1 heterocycles. The van der Waals surface area contributed by atoms with E-state index in [0.717, 1.165) is 18.4 Å². The molecule has 2 heteroatoms. The van der Waals surface area contributed by atoms with Gasteiger partial charge in [0.1, 0.15) is 0 Å².